The molecule has 3 rings (SSSR count). The van der Waals surface area contributed by atoms with Crippen molar-refractivity contribution < 1.29 is 22.0 Å². The van der Waals surface area contributed by atoms with Crippen molar-refractivity contribution >= 4 is 33.7 Å². The van der Waals surface area contributed by atoms with Gasteiger partial charge in [0.15, 0.2) is 5.76 Å². The van der Waals surface area contributed by atoms with Crippen LogP contribution in [0.25, 0.3) is 0 Å². The van der Waals surface area contributed by atoms with Crippen LogP contribution in [0.2, 0.25) is 5.02 Å². The highest BCUT2D eigenvalue weighted by Gasteiger charge is 2.14. The highest BCUT2D eigenvalue weighted by Crippen LogP contribution is 2.14. The summed E-state index contributed by atoms with van der Waals surface area (Å²) in [6.07, 6.45) is 2.67. The number of carbonyl (C=O) groups is 1. The minimum atomic E-state index is -3.69. The van der Waals surface area contributed by atoms with Gasteiger partial charge in [-0.2, -0.15) is 5.10 Å². The number of carbonyl (C=O) groups excluding carboxylic acids is 1. The summed E-state index contributed by atoms with van der Waals surface area (Å²) in [5.41, 5.74) is 2.28. The Morgan fingerprint density at radius 2 is 1.93 bits per heavy atom. The van der Waals surface area contributed by atoms with Crippen LogP contribution in [0.15, 0.2) is 73.6 Å². The minimum Gasteiger partial charge on any atom is -0.459 e. The van der Waals surface area contributed by atoms with E-state index in [9.17, 15) is 13.2 Å². The third-order valence-electron chi connectivity index (χ3n) is 3.35. The molecular weight excluding hydrogens is 394 g/mol. The summed E-state index contributed by atoms with van der Waals surface area (Å²) in [7, 11) is -3.69. The van der Waals surface area contributed by atoms with Gasteiger partial charge in [0.25, 0.3) is 0 Å². The molecule has 2 heterocycles. The van der Waals surface area contributed by atoms with Gasteiger partial charge >= 0.3 is 5.91 Å². The Morgan fingerprint density at radius 3 is 2.63 bits per heavy atom. The fraction of sp³-hybridized carbons (Fsp3) is 0.0588. The zero-order valence-corrected chi connectivity index (χ0v) is 15.3. The standard InChI is InChI=1S/C17H14ClN3O5S/c18-12-3-7-15(8-4-12)27(23,24)20-11-14-6-5-13(26-14)10-19-21-17(22)16-2-1-9-25-16/h1-10,20H,11H2,(H,21,22)/b19-10-. The monoisotopic (exact) mass is 407 g/mol. The van der Waals surface area contributed by atoms with Crippen molar-refractivity contribution in [3.63, 3.8) is 0 Å². The molecule has 2 aromatic heterocycles. The van der Waals surface area contributed by atoms with Crippen molar-refractivity contribution in [2.45, 2.75) is 11.4 Å². The minimum absolute atomic E-state index is 0.0441. The van der Waals surface area contributed by atoms with E-state index >= 15 is 0 Å². The lowest BCUT2D eigenvalue weighted by Gasteiger charge is -2.05. The van der Waals surface area contributed by atoms with Gasteiger partial charge in [-0.15, -0.1) is 0 Å². The summed E-state index contributed by atoms with van der Waals surface area (Å²) in [4.78, 5) is 11.7. The molecule has 0 radical (unpaired) electrons. The van der Waals surface area contributed by atoms with Crippen LogP contribution in [0, 0.1) is 0 Å². The van der Waals surface area contributed by atoms with Crippen LogP contribution in [-0.2, 0) is 16.6 Å². The van der Waals surface area contributed by atoms with Gasteiger partial charge in [-0.25, -0.2) is 18.6 Å². The Labute approximate surface area is 159 Å². The van der Waals surface area contributed by atoms with Gasteiger partial charge in [0.1, 0.15) is 11.5 Å². The van der Waals surface area contributed by atoms with Gasteiger partial charge in [-0.05, 0) is 48.5 Å². The molecule has 3 aromatic rings. The highest BCUT2D eigenvalue weighted by atomic mass is 35.5. The summed E-state index contributed by atoms with van der Waals surface area (Å²) >= 11 is 5.75. The van der Waals surface area contributed by atoms with Crippen molar-refractivity contribution in [3.8, 4) is 0 Å². The Hall–Kier alpha value is -2.88. The predicted molar refractivity (Wildman–Crippen MR) is 98.0 cm³/mol. The van der Waals surface area contributed by atoms with Crippen molar-refractivity contribution in [3.05, 3.63) is 77.1 Å². The average molecular weight is 408 g/mol. The Balaban J connectivity index is 1.55. The Morgan fingerprint density at radius 1 is 1.15 bits per heavy atom. The fourth-order valence-corrected chi connectivity index (χ4v) is 3.16. The molecule has 0 saturated carbocycles. The van der Waals surface area contributed by atoms with Gasteiger partial charge < -0.3 is 8.83 Å². The third kappa shape index (κ3) is 5.07. The topological polar surface area (TPSA) is 114 Å². The van der Waals surface area contributed by atoms with Crippen molar-refractivity contribution in [2.24, 2.45) is 5.10 Å². The van der Waals surface area contributed by atoms with Gasteiger partial charge in [0.05, 0.1) is 23.9 Å². The van der Waals surface area contributed by atoms with E-state index in [1.54, 1.807) is 18.2 Å². The summed E-state index contributed by atoms with van der Waals surface area (Å²) in [5, 5.41) is 4.19. The van der Waals surface area contributed by atoms with Gasteiger partial charge in [-0.3, -0.25) is 4.79 Å². The first-order chi connectivity index (χ1) is 12.9. The number of sulfonamides is 1. The molecule has 0 aliphatic heterocycles. The van der Waals surface area contributed by atoms with Crippen molar-refractivity contribution in [1.29, 1.82) is 0 Å². The van der Waals surface area contributed by atoms with Crippen LogP contribution < -0.4 is 10.1 Å². The lowest BCUT2D eigenvalue weighted by Crippen LogP contribution is -2.22. The molecule has 0 fully saturated rings. The van der Waals surface area contributed by atoms with Crippen LogP contribution in [0.4, 0.5) is 0 Å². The summed E-state index contributed by atoms with van der Waals surface area (Å²) < 4.78 is 37.2. The van der Waals surface area contributed by atoms with Crippen LogP contribution in [0.5, 0.6) is 0 Å². The molecule has 10 heteroatoms. The second-order valence-electron chi connectivity index (χ2n) is 5.26. The first-order valence-corrected chi connectivity index (χ1v) is 9.51. The van der Waals surface area contributed by atoms with Crippen molar-refractivity contribution in [2.75, 3.05) is 0 Å². The molecule has 2 N–H and O–H groups in total. The van der Waals surface area contributed by atoms with E-state index < -0.39 is 15.9 Å². The maximum Gasteiger partial charge on any atom is 0.307 e. The zero-order chi connectivity index (χ0) is 19.3. The van der Waals surface area contributed by atoms with E-state index in [4.69, 9.17) is 20.4 Å². The van der Waals surface area contributed by atoms with Crippen molar-refractivity contribution in [1.82, 2.24) is 10.1 Å². The number of rotatable bonds is 7. The number of furan rings is 2. The highest BCUT2D eigenvalue weighted by molar-refractivity contribution is 7.89. The largest absolute Gasteiger partial charge is 0.459 e. The number of amides is 1. The molecule has 0 aliphatic rings. The molecule has 0 spiro atoms. The lowest BCUT2D eigenvalue weighted by atomic mass is 10.4. The number of benzene rings is 1. The fourth-order valence-electron chi connectivity index (χ4n) is 2.04. The van der Waals surface area contributed by atoms with Gasteiger partial charge in [0, 0.05) is 5.02 Å². The van der Waals surface area contributed by atoms with Crippen LogP contribution >= 0.6 is 11.6 Å². The third-order valence-corrected chi connectivity index (χ3v) is 5.01. The predicted octanol–water partition coefficient (Wildman–Crippen LogP) is 2.77. The van der Waals surface area contributed by atoms with Gasteiger partial charge in [-0.1, -0.05) is 11.6 Å². The van der Waals surface area contributed by atoms with Crippen LogP contribution in [-0.4, -0.2) is 20.5 Å². The van der Waals surface area contributed by atoms with Crippen LogP contribution in [0.1, 0.15) is 22.1 Å². The molecule has 1 amide bonds. The first kappa shape index (κ1) is 18.9. The van der Waals surface area contributed by atoms with E-state index in [2.05, 4.69) is 15.2 Å². The number of hydrogen-bond acceptors (Lipinski definition) is 6. The molecule has 1 aromatic carbocycles. The molecule has 140 valence electrons. The lowest BCUT2D eigenvalue weighted by molar-refractivity contribution is 0.0927. The number of hydrazone groups is 1. The van der Waals surface area contributed by atoms with E-state index in [0.717, 1.165) is 0 Å². The number of halogens is 1. The quantitative estimate of drug-likeness (QED) is 0.461. The molecule has 0 atom stereocenters. The maximum absolute atomic E-state index is 12.2. The maximum atomic E-state index is 12.2. The van der Waals surface area contributed by atoms with E-state index in [1.807, 2.05) is 0 Å². The normalized spacial score (nSPS) is 11.7. The SMILES string of the molecule is O=C(N/N=C\c1ccc(CNS(=O)(=O)c2ccc(Cl)cc2)o1)c1ccco1. The molecule has 27 heavy (non-hydrogen) atoms. The molecule has 0 aliphatic carbocycles. The summed E-state index contributed by atoms with van der Waals surface area (Å²) in [5.74, 6) is 0.351. The van der Waals surface area contributed by atoms with E-state index in [0.29, 0.717) is 16.5 Å². The number of hydrogen-bond donors (Lipinski definition) is 2. The molecule has 8 nitrogen and oxygen atoms in total. The van der Waals surface area contributed by atoms with Gasteiger partial charge in [0.2, 0.25) is 10.0 Å². The number of nitrogens with one attached hydrogen (secondary N) is 2. The summed E-state index contributed by atoms with van der Waals surface area (Å²) in [6.45, 7) is -0.0441. The molecule has 0 saturated heterocycles. The summed E-state index contributed by atoms with van der Waals surface area (Å²) in [6, 6.07) is 12.1. The van der Waals surface area contributed by atoms with Crippen LogP contribution in [0.3, 0.4) is 0 Å². The molecule has 0 unspecified atom stereocenters. The second kappa shape index (κ2) is 8.21. The Kier molecular flexibility index (Phi) is 5.75. The second-order valence-corrected chi connectivity index (χ2v) is 7.46. The Bertz CT molecular complexity index is 1040. The zero-order valence-electron chi connectivity index (χ0n) is 13.8. The average Bonchev–Trinajstić information content (AvgIpc) is 3.32. The van der Waals surface area contributed by atoms with E-state index in [1.165, 1.54) is 42.8 Å². The molecule has 0 bridgehead atoms. The first-order valence-electron chi connectivity index (χ1n) is 7.65. The smallest absolute Gasteiger partial charge is 0.307 e. The molecular formula is C17H14ClN3O5S. The number of nitrogens with zero attached hydrogens (tertiary/aromatic N) is 1. The van der Waals surface area contributed by atoms with E-state index in [-0.39, 0.29) is 17.2 Å².